The molecule has 5 nitrogen and oxygen atoms in total. The molecule has 0 saturated heterocycles. The number of hydrogen-bond donors (Lipinski definition) is 2. The van der Waals surface area contributed by atoms with Crippen molar-refractivity contribution in [3.8, 4) is 0 Å². The van der Waals surface area contributed by atoms with Crippen LogP contribution < -0.4 is 10.9 Å². The van der Waals surface area contributed by atoms with Crippen LogP contribution in [0.25, 0.3) is 10.9 Å². The van der Waals surface area contributed by atoms with Gasteiger partial charge in [0.2, 0.25) is 5.91 Å². The molecule has 6 heteroatoms. The van der Waals surface area contributed by atoms with Crippen LogP contribution in [-0.2, 0) is 4.79 Å². The lowest BCUT2D eigenvalue weighted by Crippen LogP contribution is -2.23. The molecule has 0 radical (unpaired) electrons. The van der Waals surface area contributed by atoms with Crippen molar-refractivity contribution in [1.29, 1.82) is 0 Å². The summed E-state index contributed by atoms with van der Waals surface area (Å²) >= 11 is 1.23. The number of hydrogen-bond acceptors (Lipinski definition) is 4. The summed E-state index contributed by atoms with van der Waals surface area (Å²) in [5, 5.41) is 3.48. The lowest BCUT2D eigenvalue weighted by molar-refractivity contribution is -0.115. The van der Waals surface area contributed by atoms with Crippen molar-refractivity contribution in [2.24, 2.45) is 0 Å². The Balaban J connectivity index is 1.77. The van der Waals surface area contributed by atoms with E-state index < -0.39 is 5.25 Å². The van der Waals surface area contributed by atoms with Crippen LogP contribution in [0.3, 0.4) is 0 Å². The molecule has 1 unspecified atom stereocenters. The average Bonchev–Trinajstić information content (AvgIpc) is 2.57. The van der Waals surface area contributed by atoms with E-state index in [1.807, 2.05) is 37.3 Å². The summed E-state index contributed by atoms with van der Waals surface area (Å²) < 4.78 is 0. The standard InChI is InChI=1S/C18H17N3O2S/c1-11-7-3-5-9-14(11)19-16(22)12(2)24-18-20-15-10-6-4-8-13(15)17(23)21-18/h3-10,12H,1-2H3,(H,19,22)(H,20,21,23). The van der Waals surface area contributed by atoms with E-state index in [0.29, 0.717) is 16.1 Å². The van der Waals surface area contributed by atoms with Crippen LogP contribution >= 0.6 is 11.8 Å². The number of amides is 1. The highest BCUT2D eigenvalue weighted by Gasteiger charge is 2.17. The van der Waals surface area contributed by atoms with Crippen LogP contribution in [0.2, 0.25) is 0 Å². The van der Waals surface area contributed by atoms with E-state index in [9.17, 15) is 9.59 Å². The van der Waals surface area contributed by atoms with E-state index in [4.69, 9.17) is 0 Å². The van der Waals surface area contributed by atoms with Gasteiger partial charge in [0.05, 0.1) is 16.2 Å². The van der Waals surface area contributed by atoms with Crippen LogP contribution in [0.4, 0.5) is 5.69 Å². The molecule has 0 fully saturated rings. The summed E-state index contributed by atoms with van der Waals surface area (Å²) in [6.07, 6.45) is 0. The first-order valence-electron chi connectivity index (χ1n) is 7.57. The van der Waals surface area contributed by atoms with Crippen molar-refractivity contribution in [2.45, 2.75) is 24.3 Å². The highest BCUT2D eigenvalue weighted by atomic mass is 32.2. The largest absolute Gasteiger partial charge is 0.325 e. The zero-order valence-corrected chi connectivity index (χ0v) is 14.2. The second-order valence-electron chi connectivity index (χ2n) is 5.45. The third-order valence-electron chi connectivity index (χ3n) is 3.65. The zero-order valence-electron chi connectivity index (χ0n) is 13.4. The molecule has 0 spiro atoms. The van der Waals surface area contributed by atoms with Gasteiger partial charge in [-0.2, -0.15) is 0 Å². The number of nitrogens with one attached hydrogen (secondary N) is 2. The molecule has 0 aliphatic carbocycles. The number of carbonyl (C=O) groups is 1. The molecule has 0 aliphatic rings. The fourth-order valence-electron chi connectivity index (χ4n) is 2.29. The monoisotopic (exact) mass is 339 g/mol. The minimum Gasteiger partial charge on any atom is -0.325 e. The molecule has 0 bridgehead atoms. The number of anilines is 1. The fourth-order valence-corrected chi connectivity index (χ4v) is 3.09. The number of carbonyl (C=O) groups excluding carboxylic acids is 1. The number of nitrogens with zero attached hydrogens (tertiary/aromatic N) is 1. The van der Waals surface area contributed by atoms with E-state index in [-0.39, 0.29) is 11.5 Å². The number of aromatic nitrogens is 2. The number of thioether (sulfide) groups is 1. The van der Waals surface area contributed by atoms with Crippen LogP contribution in [0.5, 0.6) is 0 Å². The highest BCUT2D eigenvalue weighted by molar-refractivity contribution is 8.00. The molecule has 3 aromatic rings. The van der Waals surface area contributed by atoms with Crippen LogP contribution in [0.1, 0.15) is 12.5 Å². The number of aromatic amines is 1. The lowest BCUT2D eigenvalue weighted by atomic mass is 10.2. The summed E-state index contributed by atoms with van der Waals surface area (Å²) in [6.45, 7) is 3.73. The van der Waals surface area contributed by atoms with Gasteiger partial charge >= 0.3 is 0 Å². The van der Waals surface area contributed by atoms with Gasteiger partial charge in [-0.3, -0.25) is 9.59 Å². The maximum atomic E-state index is 12.4. The predicted molar refractivity (Wildman–Crippen MR) is 97.5 cm³/mol. The summed E-state index contributed by atoms with van der Waals surface area (Å²) in [7, 11) is 0. The molecule has 1 atom stereocenters. The van der Waals surface area contributed by atoms with Gasteiger partial charge in [-0.15, -0.1) is 0 Å². The van der Waals surface area contributed by atoms with Gasteiger partial charge < -0.3 is 10.3 Å². The van der Waals surface area contributed by atoms with Crippen molar-refractivity contribution >= 4 is 34.3 Å². The molecule has 24 heavy (non-hydrogen) atoms. The van der Waals surface area contributed by atoms with Gasteiger partial charge in [-0.05, 0) is 37.6 Å². The van der Waals surface area contributed by atoms with E-state index in [2.05, 4.69) is 15.3 Å². The maximum Gasteiger partial charge on any atom is 0.259 e. The molecule has 0 saturated carbocycles. The minimum absolute atomic E-state index is 0.134. The Morgan fingerprint density at radius 3 is 2.67 bits per heavy atom. The Kier molecular flexibility index (Phi) is 4.66. The molecular formula is C18H17N3O2S. The molecule has 122 valence electrons. The molecular weight excluding hydrogens is 322 g/mol. The summed E-state index contributed by atoms with van der Waals surface area (Å²) in [6, 6.07) is 14.7. The van der Waals surface area contributed by atoms with Crippen molar-refractivity contribution in [2.75, 3.05) is 5.32 Å². The number of rotatable bonds is 4. The van der Waals surface area contributed by atoms with Crippen molar-refractivity contribution in [1.82, 2.24) is 9.97 Å². The van der Waals surface area contributed by atoms with Crippen molar-refractivity contribution in [3.05, 3.63) is 64.4 Å². The summed E-state index contributed by atoms with van der Waals surface area (Å²) in [5.41, 5.74) is 2.21. The fraction of sp³-hybridized carbons (Fsp3) is 0.167. The summed E-state index contributed by atoms with van der Waals surface area (Å²) in [5.74, 6) is -0.134. The Bertz CT molecular complexity index is 952. The number of aryl methyl sites for hydroxylation is 1. The first-order chi connectivity index (χ1) is 11.5. The number of fused-ring (bicyclic) bond motifs is 1. The quantitative estimate of drug-likeness (QED) is 0.565. The Labute approximate surface area is 143 Å². The third kappa shape index (κ3) is 3.49. The van der Waals surface area contributed by atoms with Crippen LogP contribution in [0, 0.1) is 6.92 Å². The Morgan fingerprint density at radius 1 is 1.17 bits per heavy atom. The van der Waals surface area contributed by atoms with Crippen molar-refractivity contribution < 1.29 is 4.79 Å². The molecule has 1 heterocycles. The molecule has 1 aromatic heterocycles. The minimum atomic E-state index is -0.395. The SMILES string of the molecule is Cc1ccccc1NC(=O)C(C)Sc1nc2ccccc2c(=O)[nH]1. The van der Waals surface area contributed by atoms with Gasteiger partial charge in [-0.25, -0.2) is 4.98 Å². The molecule has 3 rings (SSSR count). The third-order valence-corrected chi connectivity index (χ3v) is 4.64. The molecule has 2 N–H and O–H groups in total. The average molecular weight is 339 g/mol. The topological polar surface area (TPSA) is 74.8 Å². The molecule has 1 amide bonds. The Hall–Kier alpha value is -2.60. The van der Waals surface area contributed by atoms with Crippen molar-refractivity contribution in [3.63, 3.8) is 0 Å². The lowest BCUT2D eigenvalue weighted by Gasteiger charge is -2.13. The normalized spacial score (nSPS) is 12.1. The van der Waals surface area contributed by atoms with E-state index in [1.165, 1.54) is 11.8 Å². The number of H-pyrrole nitrogens is 1. The van der Waals surface area contributed by atoms with Gasteiger partial charge in [-0.1, -0.05) is 42.1 Å². The first-order valence-corrected chi connectivity index (χ1v) is 8.45. The van der Waals surface area contributed by atoms with Gasteiger partial charge in [0, 0.05) is 5.69 Å². The predicted octanol–water partition coefficient (Wildman–Crippen LogP) is 3.35. The summed E-state index contributed by atoms with van der Waals surface area (Å²) in [4.78, 5) is 31.6. The van der Waals surface area contributed by atoms with Gasteiger partial charge in [0.25, 0.3) is 5.56 Å². The smallest absolute Gasteiger partial charge is 0.259 e. The van der Waals surface area contributed by atoms with Gasteiger partial charge in [0.1, 0.15) is 0 Å². The second kappa shape index (κ2) is 6.88. The van der Waals surface area contributed by atoms with E-state index in [1.54, 1.807) is 25.1 Å². The first kappa shape index (κ1) is 16.3. The highest BCUT2D eigenvalue weighted by Crippen LogP contribution is 2.22. The molecule has 2 aromatic carbocycles. The number of para-hydroxylation sites is 2. The molecule has 0 aliphatic heterocycles. The number of benzene rings is 2. The maximum absolute atomic E-state index is 12.4. The van der Waals surface area contributed by atoms with Gasteiger partial charge in [0.15, 0.2) is 5.16 Å². The van der Waals surface area contributed by atoms with Crippen LogP contribution in [-0.4, -0.2) is 21.1 Å². The van der Waals surface area contributed by atoms with E-state index >= 15 is 0 Å². The zero-order chi connectivity index (χ0) is 17.1. The van der Waals surface area contributed by atoms with Crippen LogP contribution in [0.15, 0.2) is 58.5 Å². The Morgan fingerprint density at radius 2 is 1.88 bits per heavy atom. The van der Waals surface area contributed by atoms with E-state index in [0.717, 1.165) is 11.3 Å². The second-order valence-corrected chi connectivity index (χ2v) is 6.78.